The normalized spacial score (nSPS) is 16.3. The van der Waals surface area contributed by atoms with Crippen LogP contribution < -0.4 is 4.74 Å². The Morgan fingerprint density at radius 1 is 1.39 bits per heavy atom. The van der Waals surface area contributed by atoms with Crippen molar-refractivity contribution in [3.05, 3.63) is 29.3 Å². The second-order valence-electron chi connectivity index (χ2n) is 4.53. The van der Waals surface area contributed by atoms with Gasteiger partial charge in [0.25, 0.3) is 0 Å². The van der Waals surface area contributed by atoms with Crippen molar-refractivity contribution in [2.45, 2.75) is 6.42 Å². The van der Waals surface area contributed by atoms with Gasteiger partial charge in [-0.25, -0.2) is 0 Å². The fourth-order valence-electron chi connectivity index (χ4n) is 2.06. The molecule has 1 saturated heterocycles. The van der Waals surface area contributed by atoms with E-state index in [1.165, 1.54) is 0 Å². The third-order valence-corrected chi connectivity index (χ3v) is 3.24. The summed E-state index contributed by atoms with van der Waals surface area (Å²) in [6, 6.07) is 7.27. The number of hydrogen-bond acceptors (Lipinski definition) is 3. The van der Waals surface area contributed by atoms with Crippen LogP contribution in [0, 0.1) is 5.92 Å². The second-order valence-corrected chi connectivity index (χ2v) is 4.96. The summed E-state index contributed by atoms with van der Waals surface area (Å²) >= 11 is 5.77. The number of nitrogens with zero attached hydrogens (tertiary/aromatic N) is 1. The third kappa shape index (κ3) is 3.89. The van der Waals surface area contributed by atoms with Gasteiger partial charge in [0.1, 0.15) is 12.4 Å². The van der Waals surface area contributed by atoms with E-state index in [9.17, 15) is 4.79 Å². The molecule has 0 aliphatic carbocycles. The minimum atomic E-state index is -0.711. The summed E-state index contributed by atoms with van der Waals surface area (Å²) in [6.45, 7) is 3.16. The van der Waals surface area contributed by atoms with E-state index in [1.807, 2.05) is 12.1 Å². The first-order chi connectivity index (χ1) is 8.63. The molecule has 0 aromatic heterocycles. The van der Waals surface area contributed by atoms with Gasteiger partial charge in [-0.1, -0.05) is 11.6 Å². The summed E-state index contributed by atoms with van der Waals surface area (Å²) in [5.41, 5.74) is 0. The van der Waals surface area contributed by atoms with Crippen LogP contribution in [0.2, 0.25) is 5.02 Å². The second kappa shape index (κ2) is 6.07. The highest BCUT2D eigenvalue weighted by Gasteiger charge is 2.27. The SMILES string of the molecule is O=C(O)CC1CN(CCOc2ccc(Cl)cc2)C1. The molecule has 1 fully saturated rings. The number of benzene rings is 1. The van der Waals surface area contributed by atoms with Crippen molar-refractivity contribution < 1.29 is 14.6 Å². The van der Waals surface area contributed by atoms with E-state index in [0.717, 1.165) is 25.4 Å². The average Bonchev–Trinajstić information content (AvgIpc) is 2.27. The Morgan fingerprint density at radius 3 is 2.67 bits per heavy atom. The minimum Gasteiger partial charge on any atom is -0.492 e. The van der Waals surface area contributed by atoms with Crippen molar-refractivity contribution in [2.75, 3.05) is 26.2 Å². The molecule has 5 heteroatoms. The van der Waals surface area contributed by atoms with Crippen LogP contribution in [-0.4, -0.2) is 42.2 Å². The zero-order valence-corrected chi connectivity index (χ0v) is 10.8. The molecule has 0 unspecified atom stereocenters. The molecule has 1 aromatic carbocycles. The van der Waals surface area contributed by atoms with Crippen molar-refractivity contribution in [1.82, 2.24) is 4.90 Å². The first kappa shape index (κ1) is 13.2. The van der Waals surface area contributed by atoms with Gasteiger partial charge in [-0.15, -0.1) is 0 Å². The summed E-state index contributed by atoms with van der Waals surface area (Å²) < 4.78 is 5.57. The maximum atomic E-state index is 10.5. The number of rotatable bonds is 6. The monoisotopic (exact) mass is 269 g/mol. The van der Waals surface area contributed by atoms with E-state index in [-0.39, 0.29) is 6.42 Å². The maximum absolute atomic E-state index is 10.5. The van der Waals surface area contributed by atoms with Gasteiger partial charge in [-0.3, -0.25) is 9.69 Å². The summed E-state index contributed by atoms with van der Waals surface area (Å²) in [5, 5.41) is 9.32. The standard InChI is InChI=1S/C13H16ClNO3/c14-11-1-3-12(4-2-11)18-6-5-15-8-10(9-15)7-13(16)17/h1-4,10H,5-9H2,(H,16,17). The molecule has 1 N–H and O–H groups in total. The molecule has 4 nitrogen and oxygen atoms in total. The molecule has 1 aromatic rings. The first-order valence-corrected chi connectivity index (χ1v) is 6.34. The molecule has 0 saturated carbocycles. The molecule has 0 radical (unpaired) electrons. The Kier molecular flexibility index (Phi) is 4.44. The van der Waals surface area contributed by atoms with E-state index in [2.05, 4.69) is 4.90 Å². The Morgan fingerprint density at radius 2 is 2.06 bits per heavy atom. The highest BCUT2D eigenvalue weighted by atomic mass is 35.5. The lowest BCUT2D eigenvalue weighted by Gasteiger charge is -2.38. The van der Waals surface area contributed by atoms with Gasteiger partial charge in [0.15, 0.2) is 0 Å². The fraction of sp³-hybridized carbons (Fsp3) is 0.462. The maximum Gasteiger partial charge on any atom is 0.303 e. The van der Waals surface area contributed by atoms with Gasteiger partial charge in [0.05, 0.1) is 6.42 Å². The molecular weight excluding hydrogens is 254 g/mol. The summed E-state index contributed by atoms with van der Waals surface area (Å²) in [5.74, 6) is 0.400. The average molecular weight is 270 g/mol. The van der Waals surface area contributed by atoms with Crippen LogP contribution in [0.25, 0.3) is 0 Å². The van der Waals surface area contributed by atoms with Crippen LogP contribution in [0.15, 0.2) is 24.3 Å². The largest absolute Gasteiger partial charge is 0.492 e. The van der Waals surface area contributed by atoms with Crippen molar-refractivity contribution >= 4 is 17.6 Å². The first-order valence-electron chi connectivity index (χ1n) is 5.96. The quantitative estimate of drug-likeness (QED) is 0.860. The summed E-state index contributed by atoms with van der Waals surface area (Å²) in [7, 11) is 0. The number of halogens is 1. The number of aliphatic carboxylic acids is 1. The highest BCUT2D eigenvalue weighted by Crippen LogP contribution is 2.19. The van der Waals surface area contributed by atoms with Gasteiger partial charge in [-0.2, -0.15) is 0 Å². The topological polar surface area (TPSA) is 49.8 Å². The van der Waals surface area contributed by atoms with Crippen molar-refractivity contribution in [3.8, 4) is 5.75 Å². The van der Waals surface area contributed by atoms with Crippen LogP contribution in [0.5, 0.6) is 5.75 Å². The van der Waals surface area contributed by atoms with Gasteiger partial charge >= 0.3 is 5.97 Å². The predicted octanol–water partition coefficient (Wildman–Crippen LogP) is 2.13. The lowest BCUT2D eigenvalue weighted by Crippen LogP contribution is -2.48. The molecule has 0 bridgehead atoms. The number of hydrogen-bond donors (Lipinski definition) is 1. The fourth-order valence-corrected chi connectivity index (χ4v) is 2.18. The molecule has 1 aliphatic heterocycles. The molecule has 0 amide bonds. The van der Waals surface area contributed by atoms with Gasteiger partial charge < -0.3 is 9.84 Å². The molecule has 1 heterocycles. The van der Waals surface area contributed by atoms with Crippen molar-refractivity contribution in [2.24, 2.45) is 5.92 Å². The van der Waals surface area contributed by atoms with E-state index in [4.69, 9.17) is 21.4 Å². The van der Waals surface area contributed by atoms with Crippen LogP contribution >= 0.6 is 11.6 Å². The molecular formula is C13H16ClNO3. The number of carboxylic acids is 1. The lowest BCUT2D eigenvalue weighted by molar-refractivity contribution is -0.139. The van der Waals surface area contributed by atoms with Gasteiger partial charge in [0, 0.05) is 24.7 Å². The van der Waals surface area contributed by atoms with E-state index in [1.54, 1.807) is 12.1 Å². The summed E-state index contributed by atoms with van der Waals surface area (Å²) in [6.07, 6.45) is 0.272. The molecule has 0 atom stereocenters. The zero-order valence-electron chi connectivity index (χ0n) is 10.0. The molecule has 98 valence electrons. The minimum absolute atomic E-state index is 0.272. The number of ether oxygens (including phenoxy) is 1. The van der Waals surface area contributed by atoms with E-state index < -0.39 is 5.97 Å². The third-order valence-electron chi connectivity index (χ3n) is 2.99. The number of likely N-dealkylation sites (tertiary alicyclic amines) is 1. The van der Waals surface area contributed by atoms with Gasteiger partial charge in [-0.05, 0) is 30.2 Å². The molecule has 2 rings (SSSR count). The smallest absolute Gasteiger partial charge is 0.303 e. The van der Waals surface area contributed by atoms with Crippen LogP contribution in [0.1, 0.15) is 6.42 Å². The lowest BCUT2D eigenvalue weighted by atomic mass is 9.97. The Balaban J connectivity index is 1.60. The van der Waals surface area contributed by atoms with Crippen molar-refractivity contribution in [1.29, 1.82) is 0 Å². The van der Waals surface area contributed by atoms with Crippen LogP contribution in [-0.2, 0) is 4.79 Å². The molecule has 1 aliphatic rings. The van der Waals surface area contributed by atoms with E-state index in [0.29, 0.717) is 17.5 Å². The Bertz CT molecular complexity index is 401. The van der Waals surface area contributed by atoms with Crippen molar-refractivity contribution in [3.63, 3.8) is 0 Å². The zero-order chi connectivity index (χ0) is 13.0. The predicted molar refractivity (Wildman–Crippen MR) is 69.1 cm³/mol. The number of carbonyl (C=O) groups is 1. The number of carboxylic acid groups (broad SMARTS) is 1. The molecule has 0 spiro atoms. The summed E-state index contributed by atoms with van der Waals surface area (Å²) in [4.78, 5) is 12.7. The van der Waals surface area contributed by atoms with Gasteiger partial charge in [0.2, 0.25) is 0 Å². The Labute approximate surface area is 111 Å². The van der Waals surface area contributed by atoms with Crippen LogP contribution in [0.4, 0.5) is 0 Å². The highest BCUT2D eigenvalue weighted by molar-refractivity contribution is 6.30. The Hall–Kier alpha value is -1.26. The van der Waals surface area contributed by atoms with Crippen LogP contribution in [0.3, 0.4) is 0 Å². The van der Waals surface area contributed by atoms with E-state index >= 15 is 0 Å². The molecule has 18 heavy (non-hydrogen) atoms.